The van der Waals surface area contributed by atoms with E-state index in [1.807, 2.05) is 32.0 Å². The van der Waals surface area contributed by atoms with Crippen LogP contribution in [-0.4, -0.2) is 34.4 Å². The molecule has 2 aromatic rings. The molecular weight excluding hydrogens is 308 g/mol. The number of hydrogen-bond donors (Lipinski definition) is 1. The second kappa shape index (κ2) is 4.59. The van der Waals surface area contributed by atoms with Gasteiger partial charge in [-0.2, -0.15) is 0 Å². The van der Waals surface area contributed by atoms with E-state index >= 15 is 0 Å². The number of guanidine groups is 1. The maximum Gasteiger partial charge on any atom is 0.261 e. The first-order valence-corrected chi connectivity index (χ1v) is 7.68. The Morgan fingerprint density at radius 1 is 1.33 bits per heavy atom. The van der Waals surface area contributed by atoms with Crippen molar-refractivity contribution in [1.82, 2.24) is 9.88 Å². The average molecular weight is 326 g/mol. The van der Waals surface area contributed by atoms with Crippen LogP contribution in [0, 0.1) is 0 Å². The third-order valence-corrected chi connectivity index (χ3v) is 4.52. The summed E-state index contributed by atoms with van der Waals surface area (Å²) in [5.74, 6) is 1.32. The molecule has 1 atom stereocenters. The first kappa shape index (κ1) is 14.7. The molecule has 0 radical (unpaired) electrons. The molecule has 0 fully saturated rings. The van der Waals surface area contributed by atoms with Crippen LogP contribution in [-0.2, 0) is 10.3 Å². The van der Waals surface area contributed by atoms with Crippen LogP contribution in [0.1, 0.15) is 25.8 Å². The molecule has 0 saturated carbocycles. The van der Waals surface area contributed by atoms with Crippen LogP contribution in [0.15, 0.2) is 40.2 Å². The number of likely N-dealkylation sites (N-methyl/N-ethyl adjacent to an activating group) is 1. The fourth-order valence-corrected chi connectivity index (χ4v) is 3.49. The van der Waals surface area contributed by atoms with Crippen molar-refractivity contribution >= 4 is 11.9 Å². The Morgan fingerprint density at radius 3 is 2.75 bits per heavy atom. The topological polar surface area (TPSA) is 94.0 Å². The third kappa shape index (κ3) is 1.94. The number of carbonyl (C=O) groups excluding carboxylic acids is 1. The Kier molecular flexibility index (Phi) is 2.82. The van der Waals surface area contributed by atoms with Crippen molar-refractivity contribution < 1.29 is 13.9 Å². The number of ether oxygens (including phenoxy) is 1. The van der Waals surface area contributed by atoms with Crippen LogP contribution in [0.2, 0.25) is 0 Å². The highest BCUT2D eigenvalue weighted by atomic mass is 16.5. The van der Waals surface area contributed by atoms with Gasteiger partial charge < -0.3 is 14.9 Å². The van der Waals surface area contributed by atoms with Crippen molar-refractivity contribution in [3.05, 3.63) is 36.4 Å². The van der Waals surface area contributed by atoms with Crippen molar-refractivity contribution in [2.75, 3.05) is 7.05 Å². The molecule has 1 aromatic heterocycles. The fourth-order valence-electron chi connectivity index (χ4n) is 3.49. The van der Waals surface area contributed by atoms with E-state index in [4.69, 9.17) is 14.9 Å². The fraction of sp³-hybridized carbons (Fsp3) is 0.353. The molecule has 1 unspecified atom stereocenters. The number of aliphatic imine (C=N–C) groups is 1. The summed E-state index contributed by atoms with van der Waals surface area (Å²) in [5, 5.41) is 0. The van der Waals surface area contributed by atoms with E-state index < -0.39 is 11.1 Å². The van der Waals surface area contributed by atoms with Crippen molar-refractivity contribution in [1.29, 1.82) is 0 Å². The second-order valence-electron chi connectivity index (χ2n) is 6.81. The number of nitrogens with zero attached hydrogens (tertiary/aromatic N) is 3. The lowest BCUT2D eigenvalue weighted by atomic mass is 9.77. The Bertz CT molecular complexity index is 857. The van der Waals surface area contributed by atoms with Gasteiger partial charge in [-0.1, -0.05) is 0 Å². The number of benzene rings is 1. The van der Waals surface area contributed by atoms with Gasteiger partial charge in [0.05, 0.1) is 6.20 Å². The average Bonchev–Trinajstić information content (AvgIpc) is 3.12. The number of nitrogens with two attached hydrogens (primary N) is 1. The number of carbonyl (C=O) groups is 1. The number of rotatable bonds is 1. The zero-order chi connectivity index (χ0) is 17.1. The lowest BCUT2D eigenvalue weighted by molar-refractivity contribution is -0.133. The van der Waals surface area contributed by atoms with E-state index in [0.717, 1.165) is 5.56 Å². The highest BCUT2D eigenvalue weighted by molar-refractivity contribution is 6.07. The molecule has 0 aliphatic carbocycles. The molecule has 124 valence electrons. The van der Waals surface area contributed by atoms with Gasteiger partial charge in [-0.15, -0.1) is 0 Å². The Balaban J connectivity index is 1.94. The molecular formula is C17H18N4O3. The van der Waals surface area contributed by atoms with Gasteiger partial charge in [0, 0.05) is 24.6 Å². The van der Waals surface area contributed by atoms with Crippen molar-refractivity contribution in [3.8, 4) is 17.1 Å². The van der Waals surface area contributed by atoms with Crippen LogP contribution in [0.4, 0.5) is 0 Å². The van der Waals surface area contributed by atoms with E-state index in [1.54, 1.807) is 13.2 Å². The molecule has 1 amide bonds. The van der Waals surface area contributed by atoms with Crippen molar-refractivity contribution in [3.63, 3.8) is 0 Å². The second-order valence-corrected chi connectivity index (χ2v) is 6.81. The van der Waals surface area contributed by atoms with Gasteiger partial charge >= 0.3 is 0 Å². The van der Waals surface area contributed by atoms with Crippen molar-refractivity contribution in [2.45, 2.75) is 31.4 Å². The van der Waals surface area contributed by atoms with Gasteiger partial charge in [-0.25, -0.2) is 9.98 Å². The number of oxazole rings is 1. The summed E-state index contributed by atoms with van der Waals surface area (Å²) in [6.07, 6.45) is 3.41. The van der Waals surface area contributed by atoms with Crippen molar-refractivity contribution in [2.24, 2.45) is 10.7 Å². The van der Waals surface area contributed by atoms with Crippen LogP contribution < -0.4 is 10.5 Å². The number of hydrogen-bond acceptors (Lipinski definition) is 6. The third-order valence-electron chi connectivity index (χ3n) is 4.52. The first-order valence-electron chi connectivity index (χ1n) is 7.68. The molecule has 2 aliphatic heterocycles. The van der Waals surface area contributed by atoms with E-state index in [1.165, 1.54) is 11.3 Å². The summed E-state index contributed by atoms with van der Waals surface area (Å²) in [7, 11) is 1.64. The monoisotopic (exact) mass is 326 g/mol. The van der Waals surface area contributed by atoms with Crippen LogP contribution in [0.25, 0.3) is 11.3 Å². The SMILES string of the molecule is CN1C(=O)C2(CC(C)(C)Oc3ccc(-c4cnco4)cc32)N=C1N. The molecule has 7 heteroatoms. The largest absolute Gasteiger partial charge is 0.487 e. The minimum atomic E-state index is -1.06. The van der Waals surface area contributed by atoms with Crippen LogP contribution in [0.3, 0.4) is 0 Å². The number of amides is 1. The van der Waals surface area contributed by atoms with Gasteiger partial charge in [0.2, 0.25) is 0 Å². The molecule has 0 bridgehead atoms. The highest BCUT2D eigenvalue weighted by Gasteiger charge is 2.55. The first-order chi connectivity index (χ1) is 11.3. The standard InChI is InChI=1S/C17H18N4O3/c1-16(2)8-17(14(22)21(3)15(18)20-17)11-6-10(4-5-12(11)24-16)13-7-19-9-23-13/h4-7,9H,8H2,1-3H3,(H2,18,20). The maximum absolute atomic E-state index is 13.0. The molecule has 1 aromatic carbocycles. The van der Waals surface area contributed by atoms with Crippen LogP contribution in [0.5, 0.6) is 5.75 Å². The van der Waals surface area contributed by atoms with Crippen LogP contribution >= 0.6 is 0 Å². The Labute approximate surface area is 139 Å². The maximum atomic E-state index is 13.0. The minimum Gasteiger partial charge on any atom is -0.487 e. The van der Waals surface area contributed by atoms with Gasteiger partial charge in [0.25, 0.3) is 5.91 Å². The van der Waals surface area contributed by atoms with E-state index in [-0.39, 0.29) is 11.9 Å². The predicted molar refractivity (Wildman–Crippen MR) is 87.3 cm³/mol. The summed E-state index contributed by atoms with van der Waals surface area (Å²) >= 11 is 0. The molecule has 2 N–H and O–H groups in total. The van der Waals surface area contributed by atoms with Gasteiger partial charge in [0.1, 0.15) is 11.4 Å². The molecule has 3 heterocycles. The molecule has 24 heavy (non-hydrogen) atoms. The normalized spacial score (nSPS) is 24.7. The molecule has 0 saturated heterocycles. The zero-order valence-corrected chi connectivity index (χ0v) is 13.7. The Hall–Kier alpha value is -2.83. The van der Waals surface area contributed by atoms with E-state index in [2.05, 4.69) is 9.98 Å². The van der Waals surface area contributed by atoms with Gasteiger partial charge in [-0.3, -0.25) is 9.69 Å². The van der Waals surface area contributed by atoms with E-state index in [0.29, 0.717) is 23.5 Å². The smallest absolute Gasteiger partial charge is 0.261 e. The summed E-state index contributed by atoms with van der Waals surface area (Å²) < 4.78 is 11.4. The predicted octanol–water partition coefficient (Wildman–Crippen LogP) is 1.88. The van der Waals surface area contributed by atoms with E-state index in [9.17, 15) is 4.79 Å². The summed E-state index contributed by atoms with van der Waals surface area (Å²) in [6.45, 7) is 3.89. The molecule has 1 spiro atoms. The quantitative estimate of drug-likeness (QED) is 0.863. The summed E-state index contributed by atoms with van der Waals surface area (Å²) in [6, 6.07) is 5.59. The summed E-state index contributed by atoms with van der Waals surface area (Å²) in [4.78, 5) is 22.9. The summed E-state index contributed by atoms with van der Waals surface area (Å²) in [5.41, 5.74) is 5.85. The zero-order valence-electron chi connectivity index (χ0n) is 13.7. The molecule has 7 nitrogen and oxygen atoms in total. The highest BCUT2D eigenvalue weighted by Crippen LogP contribution is 2.49. The Morgan fingerprint density at radius 2 is 2.12 bits per heavy atom. The number of aromatic nitrogens is 1. The minimum absolute atomic E-state index is 0.146. The lowest BCUT2D eigenvalue weighted by Gasteiger charge is -2.41. The van der Waals surface area contributed by atoms with Gasteiger partial charge in [0.15, 0.2) is 23.7 Å². The molecule has 4 rings (SSSR count). The number of fused-ring (bicyclic) bond motifs is 2. The molecule has 2 aliphatic rings. The van der Waals surface area contributed by atoms with Gasteiger partial charge in [-0.05, 0) is 32.0 Å². The lowest BCUT2D eigenvalue weighted by Crippen LogP contribution is -2.49.